The molecular weight excluding hydrogens is 467 g/mol. The number of nitrogens with one attached hydrogen (secondary N) is 2. The normalized spacial score (nSPS) is 11.2. The molecule has 6 nitrogen and oxygen atoms in total. The van der Waals surface area contributed by atoms with Gasteiger partial charge in [0.15, 0.2) is 5.96 Å². The molecule has 3 rings (SSSR count). The van der Waals surface area contributed by atoms with Gasteiger partial charge in [-0.1, -0.05) is 30.3 Å². The smallest absolute Gasteiger partial charge is 0.214 e. The molecule has 1 aromatic heterocycles. The van der Waals surface area contributed by atoms with Crippen LogP contribution in [0.25, 0.3) is 10.8 Å². The zero-order valence-electron chi connectivity index (χ0n) is 16.5. The largest absolute Gasteiger partial charge is 0.494 e. The molecule has 0 bridgehead atoms. The fourth-order valence-electron chi connectivity index (χ4n) is 2.72. The summed E-state index contributed by atoms with van der Waals surface area (Å²) < 4.78 is 11.4. The minimum absolute atomic E-state index is 0. The second kappa shape index (κ2) is 10.9. The number of halogens is 1. The van der Waals surface area contributed by atoms with Crippen LogP contribution in [0, 0.1) is 13.8 Å². The molecule has 2 N–H and O–H groups in total. The standard InChI is InChI=1S/C21H26N4O2.HI/c1-15-16(2)27-20(25-15)14-24-21(22-3)23-11-6-12-26-19-10-9-17-7-4-5-8-18(17)13-19;/h4-5,7-10,13H,6,11-12,14H2,1-3H3,(H2,22,23,24);1H. The van der Waals surface area contributed by atoms with Crippen molar-refractivity contribution in [1.29, 1.82) is 0 Å². The highest BCUT2D eigenvalue weighted by Gasteiger charge is 2.06. The topological polar surface area (TPSA) is 71.7 Å². The van der Waals surface area contributed by atoms with Gasteiger partial charge in [-0.2, -0.15) is 0 Å². The molecule has 0 atom stereocenters. The second-order valence-electron chi connectivity index (χ2n) is 6.31. The van der Waals surface area contributed by atoms with Crippen molar-refractivity contribution in [1.82, 2.24) is 15.6 Å². The van der Waals surface area contributed by atoms with Crippen LogP contribution >= 0.6 is 24.0 Å². The summed E-state index contributed by atoms with van der Waals surface area (Å²) in [7, 11) is 1.74. The van der Waals surface area contributed by atoms with Crippen molar-refractivity contribution in [3.8, 4) is 5.75 Å². The maximum Gasteiger partial charge on any atom is 0.214 e. The van der Waals surface area contributed by atoms with E-state index in [0.29, 0.717) is 25.0 Å². The molecular formula is C21H27IN4O2. The number of hydrogen-bond donors (Lipinski definition) is 2. The number of benzene rings is 2. The van der Waals surface area contributed by atoms with Gasteiger partial charge >= 0.3 is 0 Å². The molecule has 0 aliphatic heterocycles. The summed E-state index contributed by atoms with van der Waals surface area (Å²) in [4.78, 5) is 8.56. The molecule has 3 aromatic rings. The Labute approximate surface area is 182 Å². The van der Waals surface area contributed by atoms with Crippen LogP contribution in [0.1, 0.15) is 23.8 Å². The Bertz CT molecular complexity index is 904. The van der Waals surface area contributed by atoms with Gasteiger partial charge in [0.05, 0.1) is 18.8 Å². The van der Waals surface area contributed by atoms with Crippen LogP contribution in [0.15, 0.2) is 51.9 Å². The van der Waals surface area contributed by atoms with Crippen LogP contribution < -0.4 is 15.4 Å². The van der Waals surface area contributed by atoms with Gasteiger partial charge in [0.2, 0.25) is 5.89 Å². The van der Waals surface area contributed by atoms with Crippen molar-refractivity contribution in [3.63, 3.8) is 0 Å². The first-order valence-electron chi connectivity index (χ1n) is 9.15. The van der Waals surface area contributed by atoms with E-state index in [0.717, 1.165) is 30.2 Å². The molecule has 0 aliphatic carbocycles. The molecule has 0 aliphatic rings. The molecule has 2 aromatic carbocycles. The molecule has 0 spiro atoms. The summed E-state index contributed by atoms with van der Waals surface area (Å²) in [5.41, 5.74) is 0.917. The van der Waals surface area contributed by atoms with Gasteiger partial charge in [-0.15, -0.1) is 24.0 Å². The van der Waals surface area contributed by atoms with Crippen LogP contribution in [-0.2, 0) is 6.54 Å². The zero-order chi connectivity index (χ0) is 19.1. The van der Waals surface area contributed by atoms with Crippen molar-refractivity contribution in [2.75, 3.05) is 20.2 Å². The number of guanidine groups is 1. The predicted octanol–water partition coefficient (Wildman–Crippen LogP) is 4.20. The summed E-state index contributed by atoms with van der Waals surface area (Å²) in [5.74, 6) is 3.12. The molecule has 0 amide bonds. The number of hydrogen-bond acceptors (Lipinski definition) is 4. The molecule has 1 heterocycles. The van der Waals surface area contributed by atoms with E-state index in [1.165, 1.54) is 10.8 Å². The van der Waals surface area contributed by atoms with E-state index < -0.39 is 0 Å². The third kappa shape index (κ3) is 6.12. The Hall–Kier alpha value is -2.29. The third-order valence-electron chi connectivity index (χ3n) is 4.31. The van der Waals surface area contributed by atoms with E-state index in [1.807, 2.05) is 32.0 Å². The van der Waals surface area contributed by atoms with Crippen LogP contribution in [-0.4, -0.2) is 31.1 Å². The number of aliphatic imine (C=N–C) groups is 1. The van der Waals surface area contributed by atoms with E-state index in [9.17, 15) is 0 Å². The molecule has 0 fully saturated rings. The molecule has 7 heteroatoms. The number of fused-ring (bicyclic) bond motifs is 1. The van der Waals surface area contributed by atoms with Crippen molar-refractivity contribution in [2.24, 2.45) is 4.99 Å². The summed E-state index contributed by atoms with van der Waals surface area (Å²) >= 11 is 0. The Kier molecular flexibility index (Phi) is 8.56. The van der Waals surface area contributed by atoms with Gasteiger partial charge in [-0.3, -0.25) is 4.99 Å². The predicted molar refractivity (Wildman–Crippen MR) is 124 cm³/mol. The first kappa shape index (κ1) is 22.0. The van der Waals surface area contributed by atoms with Gasteiger partial charge in [0.1, 0.15) is 11.5 Å². The molecule has 0 unspecified atom stereocenters. The summed E-state index contributed by atoms with van der Waals surface area (Å²) in [6.45, 7) is 5.75. The SMILES string of the molecule is CN=C(NCCCOc1ccc2ccccc2c1)NCc1nc(C)c(C)o1.I. The number of nitrogens with zero attached hydrogens (tertiary/aromatic N) is 2. The lowest BCUT2D eigenvalue weighted by atomic mass is 10.1. The molecule has 28 heavy (non-hydrogen) atoms. The lowest BCUT2D eigenvalue weighted by molar-refractivity contribution is 0.311. The minimum Gasteiger partial charge on any atom is -0.494 e. The fraction of sp³-hybridized carbons (Fsp3) is 0.333. The van der Waals surface area contributed by atoms with E-state index in [4.69, 9.17) is 9.15 Å². The number of rotatable bonds is 7. The number of oxazole rings is 1. The van der Waals surface area contributed by atoms with Crippen molar-refractivity contribution in [3.05, 3.63) is 59.8 Å². The number of aryl methyl sites for hydroxylation is 2. The third-order valence-corrected chi connectivity index (χ3v) is 4.31. The summed E-state index contributed by atoms with van der Waals surface area (Å²) in [5, 5.41) is 8.87. The highest BCUT2D eigenvalue weighted by Crippen LogP contribution is 2.20. The lowest BCUT2D eigenvalue weighted by Gasteiger charge is -2.11. The molecule has 150 valence electrons. The highest BCUT2D eigenvalue weighted by molar-refractivity contribution is 14.0. The summed E-state index contributed by atoms with van der Waals surface area (Å²) in [6.07, 6.45) is 0.866. The van der Waals surface area contributed by atoms with Gasteiger partial charge in [0.25, 0.3) is 0 Å². The highest BCUT2D eigenvalue weighted by atomic mass is 127. The van der Waals surface area contributed by atoms with Crippen LogP contribution in [0.2, 0.25) is 0 Å². The molecule has 0 saturated carbocycles. The fourth-order valence-corrected chi connectivity index (χ4v) is 2.72. The van der Waals surface area contributed by atoms with Crippen molar-refractivity contribution < 1.29 is 9.15 Å². The van der Waals surface area contributed by atoms with E-state index in [2.05, 4.69) is 44.9 Å². The molecule has 0 radical (unpaired) electrons. The Morgan fingerprint density at radius 2 is 1.89 bits per heavy atom. The van der Waals surface area contributed by atoms with Gasteiger partial charge in [-0.05, 0) is 43.2 Å². The maximum absolute atomic E-state index is 5.85. The van der Waals surface area contributed by atoms with Gasteiger partial charge in [-0.25, -0.2) is 4.98 Å². The monoisotopic (exact) mass is 494 g/mol. The average molecular weight is 494 g/mol. The van der Waals surface area contributed by atoms with Crippen LogP contribution in [0.4, 0.5) is 0 Å². The Morgan fingerprint density at radius 1 is 1.11 bits per heavy atom. The second-order valence-corrected chi connectivity index (χ2v) is 6.31. The van der Waals surface area contributed by atoms with E-state index in [1.54, 1.807) is 7.05 Å². The zero-order valence-corrected chi connectivity index (χ0v) is 18.8. The lowest BCUT2D eigenvalue weighted by Crippen LogP contribution is -2.37. The average Bonchev–Trinajstić information content (AvgIpc) is 3.01. The molecule has 0 saturated heterocycles. The first-order chi connectivity index (χ1) is 13.2. The number of aromatic nitrogens is 1. The Balaban J connectivity index is 0.00000280. The van der Waals surface area contributed by atoms with Crippen LogP contribution in [0.3, 0.4) is 0 Å². The number of ether oxygens (including phenoxy) is 1. The van der Waals surface area contributed by atoms with Crippen molar-refractivity contribution in [2.45, 2.75) is 26.8 Å². The quantitative estimate of drug-likeness (QED) is 0.223. The first-order valence-corrected chi connectivity index (χ1v) is 9.15. The van der Waals surface area contributed by atoms with E-state index in [-0.39, 0.29) is 24.0 Å². The van der Waals surface area contributed by atoms with Crippen molar-refractivity contribution >= 4 is 40.7 Å². The van der Waals surface area contributed by atoms with Gasteiger partial charge < -0.3 is 19.8 Å². The summed E-state index contributed by atoms with van der Waals surface area (Å²) in [6, 6.07) is 14.4. The van der Waals surface area contributed by atoms with E-state index >= 15 is 0 Å². The van der Waals surface area contributed by atoms with Gasteiger partial charge in [0, 0.05) is 13.6 Å². The minimum atomic E-state index is 0. The van der Waals surface area contributed by atoms with Crippen LogP contribution in [0.5, 0.6) is 5.75 Å². The Morgan fingerprint density at radius 3 is 2.61 bits per heavy atom. The maximum atomic E-state index is 5.85.